The Balaban J connectivity index is 1.61. The van der Waals surface area contributed by atoms with Crippen LogP contribution in [0.25, 0.3) is 10.2 Å². The number of nitrogens with zero attached hydrogens (tertiary/aromatic N) is 3. The topological polar surface area (TPSA) is 95.0 Å². The molecule has 9 heteroatoms. The minimum atomic E-state index is -0.429. The maximum Gasteiger partial charge on any atom is 0.350 e. The summed E-state index contributed by atoms with van der Waals surface area (Å²) in [6.07, 6.45) is 4.20. The molecule has 0 saturated carbocycles. The molecule has 2 aromatic heterocycles. The zero-order chi connectivity index (χ0) is 21.1. The summed E-state index contributed by atoms with van der Waals surface area (Å²) in [5.74, 6) is -0.429. The molecule has 0 bridgehead atoms. The molecule has 1 saturated heterocycles. The van der Waals surface area contributed by atoms with Crippen LogP contribution in [0, 0.1) is 0 Å². The molecule has 2 N–H and O–H groups in total. The van der Waals surface area contributed by atoms with E-state index < -0.39 is 5.97 Å². The molecule has 4 rings (SSSR count). The number of aryl methyl sites for hydroxylation is 2. The van der Waals surface area contributed by atoms with Crippen LogP contribution in [0.5, 0.6) is 0 Å². The van der Waals surface area contributed by atoms with Crippen LogP contribution in [0.4, 0.5) is 10.5 Å². The fraction of sp³-hybridized carbons (Fsp3) is 0.571. The molecule has 162 valence electrons. The van der Waals surface area contributed by atoms with Crippen LogP contribution in [-0.4, -0.2) is 77.8 Å². The lowest BCUT2D eigenvalue weighted by molar-refractivity contribution is 0.0533. The number of amides is 2. The Morgan fingerprint density at radius 3 is 2.73 bits per heavy atom. The molecule has 0 spiro atoms. The number of hydrogen-bond acceptors (Lipinski definition) is 7. The first-order chi connectivity index (χ1) is 14.6. The van der Waals surface area contributed by atoms with Crippen molar-refractivity contribution >= 4 is 39.2 Å². The van der Waals surface area contributed by atoms with Crippen LogP contribution in [0.2, 0.25) is 0 Å². The predicted molar refractivity (Wildman–Crippen MR) is 116 cm³/mol. The summed E-state index contributed by atoms with van der Waals surface area (Å²) in [6, 6.07) is 1.87. The van der Waals surface area contributed by atoms with Crippen LogP contribution in [0.3, 0.4) is 0 Å². The van der Waals surface area contributed by atoms with Gasteiger partial charge in [-0.1, -0.05) is 0 Å². The van der Waals surface area contributed by atoms with Crippen molar-refractivity contribution in [1.29, 1.82) is 0 Å². The first-order valence-corrected chi connectivity index (χ1v) is 11.4. The van der Waals surface area contributed by atoms with Crippen molar-refractivity contribution in [3.05, 3.63) is 22.2 Å². The summed E-state index contributed by atoms with van der Waals surface area (Å²) < 4.78 is 5.24. The lowest BCUT2D eigenvalue weighted by Crippen LogP contribution is -2.50. The van der Waals surface area contributed by atoms with Gasteiger partial charge in [-0.3, -0.25) is 4.90 Å². The lowest BCUT2D eigenvalue weighted by atomic mass is 9.95. The highest BCUT2D eigenvalue weighted by Crippen LogP contribution is 2.38. The van der Waals surface area contributed by atoms with E-state index in [1.54, 1.807) is 11.8 Å². The van der Waals surface area contributed by atoms with Crippen molar-refractivity contribution in [3.63, 3.8) is 0 Å². The number of β-amino-alcohol motifs (C(OH)–C–C–N with tert-alkyl or cyclic N) is 1. The number of rotatable bonds is 5. The summed E-state index contributed by atoms with van der Waals surface area (Å²) >= 11 is 1.29. The maximum atomic E-state index is 13.0. The van der Waals surface area contributed by atoms with E-state index in [2.05, 4.69) is 16.3 Å². The first kappa shape index (κ1) is 21.0. The van der Waals surface area contributed by atoms with Gasteiger partial charge in [-0.25, -0.2) is 14.6 Å². The molecular formula is C21H28N4O4S. The molecule has 30 heavy (non-hydrogen) atoms. The van der Waals surface area contributed by atoms with E-state index in [4.69, 9.17) is 14.8 Å². The van der Waals surface area contributed by atoms with Crippen molar-refractivity contribution in [2.24, 2.45) is 0 Å². The quantitative estimate of drug-likeness (QED) is 0.705. The molecule has 8 nitrogen and oxygen atoms in total. The number of carbonyl (C=O) groups is 2. The van der Waals surface area contributed by atoms with Gasteiger partial charge in [0.1, 0.15) is 9.71 Å². The Hall–Kier alpha value is -2.23. The molecule has 1 fully saturated rings. The zero-order valence-electron chi connectivity index (χ0n) is 17.3. The SMILES string of the molecule is CCOC(=O)c1sc2nc3c(cc2c1NC(=O)N1CCN(CCO)CC1)CCCC3. The lowest BCUT2D eigenvalue weighted by Gasteiger charge is -2.34. The Labute approximate surface area is 179 Å². The van der Waals surface area contributed by atoms with Crippen molar-refractivity contribution in [2.45, 2.75) is 32.6 Å². The van der Waals surface area contributed by atoms with Gasteiger partial charge >= 0.3 is 12.0 Å². The number of pyridine rings is 1. The molecule has 0 radical (unpaired) electrons. The highest BCUT2D eigenvalue weighted by atomic mass is 32.1. The van der Waals surface area contributed by atoms with Gasteiger partial charge in [0, 0.05) is 43.8 Å². The smallest absolute Gasteiger partial charge is 0.350 e. The number of thiophene rings is 1. The zero-order valence-corrected chi connectivity index (χ0v) is 18.1. The Morgan fingerprint density at radius 2 is 2.00 bits per heavy atom. The Morgan fingerprint density at radius 1 is 1.23 bits per heavy atom. The van der Waals surface area contributed by atoms with Crippen LogP contribution in [-0.2, 0) is 17.6 Å². The van der Waals surface area contributed by atoms with Crippen LogP contribution in [0.1, 0.15) is 40.7 Å². The molecule has 3 heterocycles. The molecule has 0 atom stereocenters. The number of ether oxygens (including phenoxy) is 1. The predicted octanol–water partition coefficient (Wildman–Crippen LogP) is 2.49. The number of nitrogens with one attached hydrogen (secondary N) is 1. The summed E-state index contributed by atoms with van der Waals surface area (Å²) in [6.45, 7) is 5.38. The molecule has 2 amide bonds. The van der Waals surface area contributed by atoms with Gasteiger partial charge in [-0.2, -0.15) is 0 Å². The molecule has 1 aliphatic heterocycles. The molecule has 2 aliphatic rings. The summed E-state index contributed by atoms with van der Waals surface area (Å²) in [5, 5.41) is 12.9. The number of esters is 1. The van der Waals surface area contributed by atoms with Gasteiger partial charge in [0.15, 0.2) is 0 Å². The number of carbonyl (C=O) groups excluding carboxylic acids is 2. The number of aliphatic hydroxyl groups excluding tert-OH is 1. The van der Waals surface area contributed by atoms with E-state index in [1.165, 1.54) is 16.9 Å². The summed E-state index contributed by atoms with van der Waals surface area (Å²) in [5.41, 5.74) is 2.82. The highest BCUT2D eigenvalue weighted by Gasteiger charge is 2.27. The van der Waals surface area contributed by atoms with Crippen molar-refractivity contribution in [2.75, 3.05) is 51.3 Å². The van der Waals surface area contributed by atoms with Gasteiger partial charge in [-0.15, -0.1) is 11.3 Å². The molecule has 1 aliphatic carbocycles. The van der Waals surface area contributed by atoms with E-state index in [0.717, 1.165) is 54.7 Å². The number of anilines is 1. The number of hydrogen-bond donors (Lipinski definition) is 2. The maximum absolute atomic E-state index is 13.0. The van der Waals surface area contributed by atoms with E-state index >= 15 is 0 Å². The average Bonchev–Trinajstić information content (AvgIpc) is 3.10. The summed E-state index contributed by atoms with van der Waals surface area (Å²) in [4.78, 5) is 35.4. The minimum Gasteiger partial charge on any atom is -0.462 e. The second-order valence-electron chi connectivity index (χ2n) is 7.66. The fourth-order valence-corrected chi connectivity index (χ4v) is 5.13. The largest absolute Gasteiger partial charge is 0.462 e. The molecule has 2 aromatic rings. The fourth-order valence-electron chi connectivity index (χ4n) is 4.11. The first-order valence-electron chi connectivity index (χ1n) is 10.6. The standard InChI is InChI=1S/C21H28N4O4S/c1-2-29-20(27)18-17(23-21(28)25-9-7-24(8-10-25)11-12-26)15-13-14-5-3-4-6-16(14)22-19(15)30-18/h13,26H,2-12H2,1H3,(H,23,28). The van der Waals surface area contributed by atoms with Crippen LogP contribution < -0.4 is 5.32 Å². The molecular weight excluding hydrogens is 404 g/mol. The van der Waals surface area contributed by atoms with Crippen LogP contribution >= 0.6 is 11.3 Å². The van der Waals surface area contributed by atoms with E-state index in [-0.39, 0.29) is 19.2 Å². The van der Waals surface area contributed by atoms with E-state index in [1.807, 2.05) is 0 Å². The third-order valence-corrected chi connectivity index (χ3v) is 6.81. The number of aromatic nitrogens is 1. The number of urea groups is 1. The van der Waals surface area contributed by atoms with Gasteiger partial charge < -0.3 is 20.1 Å². The molecule has 0 aromatic carbocycles. The Bertz CT molecular complexity index is 937. The molecule has 0 unspecified atom stereocenters. The Kier molecular flexibility index (Phi) is 6.50. The monoisotopic (exact) mass is 432 g/mol. The van der Waals surface area contributed by atoms with E-state index in [9.17, 15) is 9.59 Å². The van der Waals surface area contributed by atoms with Crippen LogP contribution in [0.15, 0.2) is 6.07 Å². The van der Waals surface area contributed by atoms with Gasteiger partial charge in [-0.05, 0) is 44.2 Å². The van der Waals surface area contributed by atoms with E-state index in [0.29, 0.717) is 30.2 Å². The number of fused-ring (bicyclic) bond motifs is 2. The van der Waals surface area contributed by atoms with Crippen molar-refractivity contribution < 1.29 is 19.4 Å². The van der Waals surface area contributed by atoms with Gasteiger partial charge in [0.25, 0.3) is 0 Å². The van der Waals surface area contributed by atoms with Crippen molar-refractivity contribution in [3.8, 4) is 0 Å². The summed E-state index contributed by atoms with van der Waals surface area (Å²) in [7, 11) is 0. The minimum absolute atomic E-state index is 0.118. The second kappa shape index (κ2) is 9.28. The number of piperazine rings is 1. The second-order valence-corrected chi connectivity index (χ2v) is 8.66. The van der Waals surface area contributed by atoms with Crippen molar-refractivity contribution in [1.82, 2.24) is 14.8 Å². The average molecular weight is 433 g/mol. The third kappa shape index (κ3) is 4.28. The van der Waals surface area contributed by atoms with Gasteiger partial charge in [0.05, 0.1) is 18.9 Å². The number of aliphatic hydroxyl groups is 1. The highest BCUT2D eigenvalue weighted by molar-refractivity contribution is 7.21. The normalized spacial score (nSPS) is 17.1. The third-order valence-electron chi connectivity index (χ3n) is 5.73. The van der Waals surface area contributed by atoms with Gasteiger partial charge in [0.2, 0.25) is 0 Å².